The van der Waals surface area contributed by atoms with Crippen molar-refractivity contribution in [3.05, 3.63) is 0 Å². The van der Waals surface area contributed by atoms with Crippen LogP contribution in [0.25, 0.3) is 0 Å². The maximum absolute atomic E-state index is 5.32. The molecule has 0 saturated carbocycles. The Balaban J connectivity index is 2.98. The zero-order valence-electron chi connectivity index (χ0n) is 9.61. The van der Waals surface area contributed by atoms with Gasteiger partial charge in [0.1, 0.15) is 0 Å². The fraction of sp³-hybridized carbons (Fsp3) is 1.00. The molecule has 0 rings (SSSR count). The van der Waals surface area contributed by atoms with Crippen LogP contribution < -0.4 is 11.6 Å². The van der Waals surface area contributed by atoms with Crippen molar-refractivity contribution in [2.75, 3.05) is 6.61 Å². The van der Waals surface area contributed by atoms with E-state index in [2.05, 4.69) is 22.7 Å². The van der Waals surface area contributed by atoms with Gasteiger partial charge in [0.05, 0.1) is 6.61 Å². The van der Waals surface area contributed by atoms with E-state index in [1.165, 1.54) is 38.5 Å². The van der Waals surface area contributed by atoms with Crippen molar-refractivity contribution >= 4 is 0 Å². The lowest BCUT2D eigenvalue weighted by molar-refractivity contribution is -0.381. The fourth-order valence-electron chi connectivity index (χ4n) is 1.34. The maximum Gasteiger partial charge on any atom is 0.247 e. The SMILES string of the molecule is CCCCCCCCCOC(N)OON. The molecule has 0 aromatic carbocycles. The van der Waals surface area contributed by atoms with E-state index in [1.807, 2.05) is 0 Å². The van der Waals surface area contributed by atoms with Crippen LogP contribution in [0.3, 0.4) is 0 Å². The normalized spacial score (nSPS) is 13.0. The molecule has 0 fully saturated rings. The molecule has 92 valence electrons. The summed E-state index contributed by atoms with van der Waals surface area (Å²) >= 11 is 0. The summed E-state index contributed by atoms with van der Waals surface area (Å²) < 4.78 is 5.06. The van der Waals surface area contributed by atoms with Gasteiger partial charge >= 0.3 is 0 Å². The topological polar surface area (TPSA) is 79.7 Å². The molecular formula is C10H24N2O3. The first-order chi connectivity index (χ1) is 7.31. The minimum absolute atomic E-state index is 0.582. The Morgan fingerprint density at radius 2 is 1.60 bits per heavy atom. The van der Waals surface area contributed by atoms with Crippen LogP contribution in [0.4, 0.5) is 0 Å². The molecule has 0 bridgehead atoms. The Bertz CT molecular complexity index is 125. The minimum atomic E-state index is -0.880. The molecule has 1 unspecified atom stereocenters. The molecule has 5 heteroatoms. The van der Waals surface area contributed by atoms with Gasteiger partial charge < -0.3 is 4.74 Å². The zero-order chi connectivity index (χ0) is 11.4. The van der Waals surface area contributed by atoms with Crippen LogP contribution in [-0.4, -0.2) is 13.0 Å². The average Bonchev–Trinajstić information content (AvgIpc) is 2.22. The van der Waals surface area contributed by atoms with Crippen molar-refractivity contribution in [2.24, 2.45) is 11.6 Å². The number of hydrogen-bond acceptors (Lipinski definition) is 5. The van der Waals surface area contributed by atoms with Gasteiger partial charge in [-0.2, -0.15) is 10.8 Å². The van der Waals surface area contributed by atoms with Gasteiger partial charge in [-0.05, 0) is 6.42 Å². The second-order valence-electron chi connectivity index (χ2n) is 3.55. The predicted molar refractivity (Wildman–Crippen MR) is 58.3 cm³/mol. The van der Waals surface area contributed by atoms with Gasteiger partial charge in [0.25, 0.3) is 0 Å². The highest BCUT2D eigenvalue weighted by atomic mass is 17.3. The number of rotatable bonds is 11. The van der Waals surface area contributed by atoms with Crippen molar-refractivity contribution in [3.63, 3.8) is 0 Å². The van der Waals surface area contributed by atoms with Gasteiger partial charge in [-0.1, -0.05) is 45.4 Å². The fourth-order valence-corrected chi connectivity index (χ4v) is 1.34. The Morgan fingerprint density at radius 3 is 2.20 bits per heavy atom. The first-order valence-corrected chi connectivity index (χ1v) is 5.70. The monoisotopic (exact) mass is 220 g/mol. The Kier molecular flexibility index (Phi) is 11.7. The van der Waals surface area contributed by atoms with Gasteiger partial charge in [-0.25, -0.2) is 0 Å². The predicted octanol–water partition coefficient (Wildman–Crippen LogP) is 1.82. The summed E-state index contributed by atoms with van der Waals surface area (Å²) in [6.45, 7) is 2.80. The van der Waals surface area contributed by atoms with E-state index < -0.39 is 6.41 Å². The second kappa shape index (κ2) is 11.9. The molecule has 0 saturated heterocycles. The largest absolute Gasteiger partial charge is 0.338 e. The maximum atomic E-state index is 5.32. The van der Waals surface area contributed by atoms with E-state index in [0.717, 1.165) is 6.42 Å². The smallest absolute Gasteiger partial charge is 0.247 e. The number of unbranched alkanes of at least 4 members (excludes halogenated alkanes) is 6. The molecule has 1 atom stereocenters. The zero-order valence-corrected chi connectivity index (χ0v) is 9.61. The molecule has 0 aromatic heterocycles. The highest BCUT2D eigenvalue weighted by Gasteiger charge is 2.01. The summed E-state index contributed by atoms with van der Waals surface area (Å²) in [6.07, 6.45) is 7.80. The quantitative estimate of drug-likeness (QED) is 0.240. The first-order valence-electron chi connectivity index (χ1n) is 5.70. The highest BCUT2D eigenvalue weighted by Crippen LogP contribution is 2.06. The Morgan fingerprint density at radius 1 is 1.00 bits per heavy atom. The third kappa shape index (κ3) is 11.7. The molecule has 15 heavy (non-hydrogen) atoms. The molecule has 0 heterocycles. The van der Waals surface area contributed by atoms with E-state index in [-0.39, 0.29) is 0 Å². The molecule has 5 nitrogen and oxygen atoms in total. The third-order valence-corrected chi connectivity index (χ3v) is 2.18. The van der Waals surface area contributed by atoms with Crippen LogP contribution in [-0.2, 0) is 14.6 Å². The standard InChI is InChI=1S/C10H24N2O3/c1-2-3-4-5-6-7-8-9-13-10(11)14-15-12/h10H,2-9,11-12H2,1H3. The number of hydrogen-bond donors (Lipinski definition) is 2. The summed E-state index contributed by atoms with van der Waals surface area (Å²) in [5.74, 6) is 4.65. The van der Waals surface area contributed by atoms with Crippen molar-refractivity contribution in [1.29, 1.82) is 0 Å². The molecule has 0 radical (unpaired) electrons. The first kappa shape index (κ1) is 14.8. The summed E-state index contributed by atoms with van der Waals surface area (Å²) in [7, 11) is 0. The summed E-state index contributed by atoms with van der Waals surface area (Å²) in [5.41, 5.74) is 5.32. The van der Waals surface area contributed by atoms with Crippen molar-refractivity contribution in [2.45, 2.75) is 58.3 Å². The lowest BCUT2D eigenvalue weighted by Crippen LogP contribution is -2.29. The Labute approximate surface area is 91.9 Å². The van der Waals surface area contributed by atoms with Crippen LogP contribution >= 0.6 is 0 Å². The Hall–Kier alpha value is -0.200. The van der Waals surface area contributed by atoms with E-state index in [1.54, 1.807) is 0 Å². The molecule has 0 amide bonds. The molecule has 0 aliphatic heterocycles. The van der Waals surface area contributed by atoms with Crippen LogP contribution in [0.15, 0.2) is 0 Å². The van der Waals surface area contributed by atoms with E-state index in [9.17, 15) is 0 Å². The van der Waals surface area contributed by atoms with Gasteiger partial charge in [-0.3, -0.25) is 5.73 Å². The summed E-state index contributed by atoms with van der Waals surface area (Å²) in [6, 6.07) is 0. The van der Waals surface area contributed by atoms with Crippen LogP contribution in [0, 0.1) is 0 Å². The molecule has 4 N–H and O–H groups in total. The summed E-state index contributed by atoms with van der Waals surface area (Å²) in [5, 5.41) is 0. The van der Waals surface area contributed by atoms with E-state index in [4.69, 9.17) is 10.5 Å². The average molecular weight is 220 g/mol. The second-order valence-corrected chi connectivity index (χ2v) is 3.55. The lowest BCUT2D eigenvalue weighted by atomic mass is 10.1. The highest BCUT2D eigenvalue weighted by molar-refractivity contribution is 4.44. The molecule has 0 aliphatic carbocycles. The van der Waals surface area contributed by atoms with Gasteiger partial charge in [-0.15, -0.1) is 4.99 Å². The minimum Gasteiger partial charge on any atom is -0.338 e. The lowest BCUT2D eigenvalue weighted by Gasteiger charge is -2.09. The van der Waals surface area contributed by atoms with E-state index in [0.29, 0.717) is 6.61 Å². The van der Waals surface area contributed by atoms with Crippen LogP contribution in [0.5, 0.6) is 0 Å². The van der Waals surface area contributed by atoms with Crippen molar-refractivity contribution in [3.8, 4) is 0 Å². The van der Waals surface area contributed by atoms with Gasteiger partial charge in [0.2, 0.25) is 6.41 Å². The van der Waals surface area contributed by atoms with Gasteiger partial charge in [0.15, 0.2) is 0 Å². The summed E-state index contributed by atoms with van der Waals surface area (Å²) in [4.78, 5) is 8.21. The molecule has 0 aliphatic rings. The van der Waals surface area contributed by atoms with Crippen molar-refractivity contribution in [1.82, 2.24) is 0 Å². The molecule has 0 aromatic rings. The van der Waals surface area contributed by atoms with Gasteiger partial charge in [0, 0.05) is 0 Å². The van der Waals surface area contributed by atoms with Crippen molar-refractivity contribution < 1.29 is 14.6 Å². The van der Waals surface area contributed by atoms with Crippen LogP contribution in [0.2, 0.25) is 0 Å². The molecule has 0 spiro atoms. The van der Waals surface area contributed by atoms with Crippen LogP contribution in [0.1, 0.15) is 51.9 Å². The van der Waals surface area contributed by atoms with E-state index >= 15 is 0 Å². The molecular weight excluding hydrogens is 196 g/mol. The number of nitrogens with two attached hydrogens (primary N) is 2. The number of ether oxygens (including phenoxy) is 1. The third-order valence-electron chi connectivity index (χ3n) is 2.18.